The van der Waals surface area contributed by atoms with Crippen LogP contribution in [0.1, 0.15) is 11.1 Å². The molecule has 0 atom stereocenters. The topological polar surface area (TPSA) is 168 Å². The number of hydrogen-bond acceptors (Lipinski definition) is 8. The molecular weight excluding hydrogens is 400 g/mol. The van der Waals surface area contributed by atoms with Crippen LogP contribution in [0, 0.1) is 24.0 Å². The minimum absolute atomic E-state index is 0.133. The van der Waals surface area contributed by atoms with Crippen molar-refractivity contribution in [1.82, 2.24) is 0 Å². The van der Waals surface area contributed by atoms with Crippen molar-refractivity contribution in [3.8, 4) is 5.75 Å². The van der Waals surface area contributed by atoms with E-state index in [4.69, 9.17) is 5.73 Å². The maximum Gasteiger partial charge on any atom is 0.296 e. The molecule has 0 aromatic heterocycles. The van der Waals surface area contributed by atoms with E-state index in [0.29, 0.717) is 16.5 Å². The molecule has 0 fully saturated rings. The quantitative estimate of drug-likeness (QED) is 0.187. The van der Waals surface area contributed by atoms with Crippen LogP contribution in [0.4, 0.5) is 22.7 Å². The molecule has 150 valence electrons. The monoisotopic (exact) mass is 416 g/mol. The molecular formula is C18H16N4O6S. The number of nitro benzene ring substituents is 1. The Bertz CT molecular complexity index is 1280. The summed E-state index contributed by atoms with van der Waals surface area (Å²) >= 11 is 0. The Balaban J connectivity index is 2.24. The molecule has 0 spiro atoms. The predicted molar refractivity (Wildman–Crippen MR) is 107 cm³/mol. The molecule has 3 rings (SSSR count). The van der Waals surface area contributed by atoms with Crippen LogP contribution in [0.3, 0.4) is 0 Å². The van der Waals surface area contributed by atoms with Gasteiger partial charge in [0.15, 0.2) is 0 Å². The van der Waals surface area contributed by atoms with Gasteiger partial charge < -0.3 is 10.8 Å². The highest BCUT2D eigenvalue weighted by Gasteiger charge is 2.23. The lowest BCUT2D eigenvalue weighted by Gasteiger charge is -2.14. The Morgan fingerprint density at radius 1 is 1.10 bits per heavy atom. The summed E-state index contributed by atoms with van der Waals surface area (Å²) in [4.78, 5) is 9.56. The van der Waals surface area contributed by atoms with Crippen LogP contribution in [-0.4, -0.2) is 23.0 Å². The van der Waals surface area contributed by atoms with Crippen molar-refractivity contribution in [2.24, 2.45) is 10.2 Å². The zero-order valence-electron chi connectivity index (χ0n) is 15.3. The van der Waals surface area contributed by atoms with Gasteiger partial charge in [-0.1, -0.05) is 6.07 Å². The molecule has 0 unspecified atom stereocenters. The molecule has 3 aromatic carbocycles. The third-order valence-electron chi connectivity index (χ3n) is 4.49. The number of nitrogens with two attached hydrogens (primary N) is 1. The van der Waals surface area contributed by atoms with E-state index < -0.39 is 19.9 Å². The van der Waals surface area contributed by atoms with E-state index in [-0.39, 0.29) is 33.9 Å². The van der Waals surface area contributed by atoms with Crippen molar-refractivity contribution in [2.45, 2.75) is 18.7 Å². The summed E-state index contributed by atoms with van der Waals surface area (Å²) in [5.41, 5.74) is 6.86. The molecule has 0 heterocycles. The van der Waals surface area contributed by atoms with Gasteiger partial charge in [0.1, 0.15) is 16.3 Å². The van der Waals surface area contributed by atoms with Crippen LogP contribution in [0.15, 0.2) is 51.5 Å². The van der Waals surface area contributed by atoms with Crippen LogP contribution in [0.25, 0.3) is 10.8 Å². The van der Waals surface area contributed by atoms with Crippen LogP contribution in [0.5, 0.6) is 5.75 Å². The number of nitrogens with zero attached hydrogens (tertiary/aromatic N) is 3. The normalized spacial score (nSPS) is 12.0. The average molecular weight is 416 g/mol. The van der Waals surface area contributed by atoms with Gasteiger partial charge in [-0.25, -0.2) is 0 Å². The number of non-ortho nitro benzene ring substituents is 1. The number of benzene rings is 3. The number of nitro groups is 1. The van der Waals surface area contributed by atoms with Crippen molar-refractivity contribution < 1.29 is 23.0 Å². The fourth-order valence-electron chi connectivity index (χ4n) is 2.83. The molecule has 3 aromatic rings. The maximum absolute atomic E-state index is 11.9. The largest absolute Gasteiger partial charge is 0.507 e. The third kappa shape index (κ3) is 3.73. The number of azo groups is 1. The number of nitrogen functional groups attached to an aromatic ring is 1. The van der Waals surface area contributed by atoms with E-state index in [0.717, 1.165) is 6.07 Å². The maximum atomic E-state index is 11.9. The van der Waals surface area contributed by atoms with Gasteiger partial charge in [0, 0.05) is 17.5 Å². The van der Waals surface area contributed by atoms with Crippen molar-refractivity contribution in [3.05, 3.63) is 57.6 Å². The van der Waals surface area contributed by atoms with Gasteiger partial charge in [0.25, 0.3) is 15.8 Å². The van der Waals surface area contributed by atoms with Gasteiger partial charge in [-0.05, 0) is 48.6 Å². The minimum Gasteiger partial charge on any atom is -0.507 e. The van der Waals surface area contributed by atoms with Gasteiger partial charge in [-0.15, -0.1) is 5.11 Å². The van der Waals surface area contributed by atoms with Gasteiger partial charge >= 0.3 is 0 Å². The standard InChI is InChI=1S/C18H16N4O6S/c1-9-7-11-8-14(29(26,27)28)17(16(19)15(11)18(23)10(9)2)21-20-12-3-5-13(6-4-12)22(24)25/h3-8,23H,19H2,1-2H3,(H,26,27,28). The first-order valence-corrected chi connectivity index (χ1v) is 9.63. The van der Waals surface area contributed by atoms with Crippen molar-refractivity contribution in [1.29, 1.82) is 0 Å². The third-order valence-corrected chi connectivity index (χ3v) is 5.36. The SMILES string of the molecule is Cc1cc2cc(S(=O)(=O)O)c(N=Nc3ccc([N+](=O)[O-])cc3)c(N)c2c(O)c1C. The number of aryl methyl sites for hydroxylation is 1. The van der Waals surface area contributed by atoms with E-state index in [9.17, 15) is 28.2 Å². The van der Waals surface area contributed by atoms with Crippen molar-refractivity contribution >= 4 is 43.6 Å². The smallest absolute Gasteiger partial charge is 0.296 e. The number of phenolic OH excluding ortho intramolecular Hbond substituents is 1. The number of anilines is 1. The first kappa shape index (κ1) is 20.2. The number of aromatic hydroxyl groups is 1. The summed E-state index contributed by atoms with van der Waals surface area (Å²) in [5, 5.41) is 29.4. The minimum atomic E-state index is -4.71. The second-order valence-corrected chi connectivity index (χ2v) is 7.74. The lowest BCUT2D eigenvalue weighted by molar-refractivity contribution is -0.384. The van der Waals surface area contributed by atoms with Gasteiger partial charge in [0.2, 0.25) is 0 Å². The van der Waals surface area contributed by atoms with E-state index in [1.165, 1.54) is 24.3 Å². The Kier molecular flexibility index (Phi) is 4.95. The molecule has 4 N–H and O–H groups in total. The summed E-state index contributed by atoms with van der Waals surface area (Å²) in [7, 11) is -4.71. The lowest BCUT2D eigenvalue weighted by atomic mass is 9.99. The van der Waals surface area contributed by atoms with Crippen molar-refractivity contribution in [2.75, 3.05) is 5.73 Å². The Labute approximate surface area is 165 Å². The Morgan fingerprint density at radius 2 is 1.72 bits per heavy atom. The van der Waals surface area contributed by atoms with Crippen LogP contribution in [-0.2, 0) is 10.1 Å². The summed E-state index contributed by atoms with van der Waals surface area (Å²) in [6.07, 6.45) is 0. The van der Waals surface area contributed by atoms with E-state index in [2.05, 4.69) is 10.2 Å². The summed E-state index contributed by atoms with van der Waals surface area (Å²) in [5.74, 6) is -0.133. The molecule has 11 heteroatoms. The highest BCUT2D eigenvalue weighted by Crippen LogP contribution is 2.43. The molecule has 29 heavy (non-hydrogen) atoms. The second-order valence-electron chi connectivity index (χ2n) is 6.35. The lowest BCUT2D eigenvalue weighted by Crippen LogP contribution is -2.02. The van der Waals surface area contributed by atoms with E-state index in [1.807, 2.05) is 0 Å². The molecule has 0 saturated heterocycles. The summed E-state index contributed by atoms with van der Waals surface area (Å²) in [6, 6.07) is 7.83. The summed E-state index contributed by atoms with van der Waals surface area (Å²) in [6.45, 7) is 3.42. The Morgan fingerprint density at radius 3 is 2.28 bits per heavy atom. The van der Waals surface area contributed by atoms with Gasteiger partial charge in [0.05, 0.1) is 16.3 Å². The predicted octanol–water partition coefficient (Wildman–Crippen LogP) is 4.31. The number of rotatable bonds is 4. The average Bonchev–Trinajstić information content (AvgIpc) is 2.64. The van der Waals surface area contributed by atoms with Gasteiger partial charge in [-0.3, -0.25) is 14.7 Å². The molecule has 0 amide bonds. The number of fused-ring (bicyclic) bond motifs is 1. The fourth-order valence-corrected chi connectivity index (χ4v) is 3.50. The van der Waals surface area contributed by atoms with Crippen LogP contribution >= 0.6 is 0 Å². The molecule has 0 radical (unpaired) electrons. The highest BCUT2D eigenvalue weighted by molar-refractivity contribution is 7.86. The van der Waals surface area contributed by atoms with Crippen molar-refractivity contribution in [3.63, 3.8) is 0 Å². The molecule has 0 aliphatic carbocycles. The molecule has 0 aliphatic heterocycles. The molecule has 0 aliphatic rings. The highest BCUT2D eigenvalue weighted by atomic mass is 32.2. The van der Waals surface area contributed by atoms with Crippen LogP contribution < -0.4 is 5.73 Å². The zero-order chi connectivity index (χ0) is 21.5. The zero-order valence-corrected chi connectivity index (χ0v) is 16.1. The summed E-state index contributed by atoms with van der Waals surface area (Å²) < 4.78 is 33.4. The first-order chi connectivity index (χ1) is 13.5. The van der Waals surface area contributed by atoms with E-state index >= 15 is 0 Å². The molecule has 0 saturated carbocycles. The van der Waals surface area contributed by atoms with Crippen LogP contribution in [0.2, 0.25) is 0 Å². The molecule has 10 nitrogen and oxygen atoms in total. The second kappa shape index (κ2) is 7.11. The Hall–Kier alpha value is -3.57. The first-order valence-electron chi connectivity index (χ1n) is 8.19. The fraction of sp³-hybridized carbons (Fsp3) is 0.111. The van der Waals surface area contributed by atoms with E-state index in [1.54, 1.807) is 19.9 Å². The van der Waals surface area contributed by atoms with Gasteiger partial charge in [-0.2, -0.15) is 13.5 Å². The number of hydrogen-bond donors (Lipinski definition) is 3. The molecule has 0 bridgehead atoms. The number of phenols is 1.